The van der Waals surface area contributed by atoms with E-state index < -0.39 is 0 Å². The molecule has 1 aliphatic heterocycles. The predicted octanol–water partition coefficient (Wildman–Crippen LogP) is 2.03. The molecule has 88 valence electrons. The third kappa shape index (κ3) is 1.98. The summed E-state index contributed by atoms with van der Waals surface area (Å²) >= 11 is 0. The summed E-state index contributed by atoms with van der Waals surface area (Å²) in [4.78, 5) is 6.76. The molecule has 0 aliphatic carbocycles. The van der Waals surface area contributed by atoms with Gasteiger partial charge in [0.25, 0.3) is 0 Å². The zero-order chi connectivity index (χ0) is 11.7. The Morgan fingerprint density at radius 2 is 2.29 bits per heavy atom. The Morgan fingerprint density at radius 1 is 1.35 bits per heavy atom. The van der Waals surface area contributed by atoms with Crippen LogP contribution < -0.4 is 10.2 Å². The topological polar surface area (TPSA) is 28.2 Å². The minimum Gasteiger partial charge on any atom is -0.370 e. The SMILES string of the molecule is CN(c1ccc2cccnc2c1)C1CCNC1. The molecule has 2 aromatic rings. The Balaban J connectivity index is 1.94. The number of pyridine rings is 1. The Bertz CT molecular complexity index is 518. The van der Waals surface area contributed by atoms with E-state index in [1.807, 2.05) is 12.3 Å². The molecule has 0 radical (unpaired) electrons. The first-order chi connectivity index (χ1) is 8.34. The highest BCUT2D eigenvalue weighted by molar-refractivity contribution is 5.82. The van der Waals surface area contributed by atoms with Crippen molar-refractivity contribution in [2.75, 3.05) is 25.0 Å². The molecule has 0 amide bonds. The van der Waals surface area contributed by atoms with E-state index >= 15 is 0 Å². The molecule has 1 N–H and O–H groups in total. The summed E-state index contributed by atoms with van der Waals surface area (Å²) < 4.78 is 0. The van der Waals surface area contributed by atoms with Gasteiger partial charge in [-0.05, 0) is 31.2 Å². The molecule has 0 spiro atoms. The van der Waals surface area contributed by atoms with E-state index in [2.05, 4.69) is 46.5 Å². The molecule has 0 saturated carbocycles. The number of aromatic nitrogens is 1. The van der Waals surface area contributed by atoms with Crippen LogP contribution in [-0.2, 0) is 0 Å². The van der Waals surface area contributed by atoms with Gasteiger partial charge in [-0.3, -0.25) is 4.98 Å². The first-order valence-electron chi connectivity index (χ1n) is 6.13. The van der Waals surface area contributed by atoms with Crippen molar-refractivity contribution >= 4 is 16.6 Å². The van der Waals surface area contributed by atoms with Crippen LogP contribution in [0.3, 0.4) is 0 Å². The summed E-state index contributed by atoms with van der Waals surface area (Å²) in [6.45, 7) is 2.21. The number of benzene rings is 1. The molecular formula is C14H17N3. The van der Waals surface area contributed by atoms with Crippen LogP contribution in [0, 0.1) is 0 Å². The van der Waals surface area contributed by atoms with Gasteiger partial charge in [-0.25, -0.2) is 0 Å². The highest BCUT2D eigenvalue weighted by Gasteiger charge is 2.19. The normalized spacial score (nSPS) is 19.7. The Kier molecular flexibility index (Phi) is 2.69. The summed E-state index contributed by atoms with van der Waals surface area (Å²) in [5, 5.41) is 4.61. The monoisotopic (exact) mass is 227 g/mol. The van der Waals surface area contributed by atoms with Gasteiger partial charge in [0.05, 0.1) is 5.52 Å². The van der Waals surface area contributed by atoms with Crippen molar-refractivity contribution in [3.8, 4) is 0 Å². The summed E-state index contributed by atoms with van der Waals surface area (Å²) in [6.07, 6.45) is 3.07. The van der Waals surface area contributed by atoms with Crippen molar-refractivity contribution in [1.82, 2.24) is 10.3 Å². The number of nitrogens with zero attached hydrogens (tertiary/aromatic N) is 2. The second-order valence-electron chi connectivity index (χ2n) is 4.64. The lowest BCUT2D eigenvalue weighted by atomic mass is 10.1. The number of nitrogens with one attached hydrogen (secondary N) is 1. The Labute approximate surface area is 101 Å². The van der Waals surface area contributed by atoms with Crippen LogP contribution in [0.25, 0.3) is 10.9 Å². The fourth-order valence-corrected chi connectivity index (χ4v) is 2.46. The second kappa shape index (κ2) is 4.34. The van der Waals surface area contributed by atoms with E-state index in [4.69, 9.17) is 0 Å². The highest BCUT2D eigenvalue weighted by atomic mass is 15.2. The van der Waals surface area contributed by atoms with Crippen molar-refractivity contribution in [2.24, 2.45) is 0 Å². The van der Waals surface area contributed by atoms with Gasteiger partial charge < -0.3 is 10.2 Å². The van der Waals surface area contributed by atoms with Crippen molar-refractivity contribution in [3.63, 3.8) is 0 Å². The first kappa shape index (κ1) is 10.5. The molecule has 2 heterocycles. The maximum absolute atomic E-state index is 4.41. The maximum Gasteiger partial charge on any atom is 0.0722 e. The van der Waals surface area contributed by atoms with E-state index in [1.165, 1.54) is 17.5 Å². The molecule has 1 saturated heterocycles. The van der Waals surface area contributed by atoms with Crippen molar-refractivity contribution in [3.05, 3.63) is 36.5 Å². The first-order valence-corrected chi connectivity index (χ1v) is 6.13. The van der Waals surface area contributed by atoms with Crippen LogP contribution >= 0.6 is 0 Å². The molecule has 3 heteroatoms. The molecule has 1 aromatic carbocycles. The standard InChI is InChI=1S/C14H17N3/c1-17(13-6-8-15-10-13)12-5-4-11-3-2-7-16-14(11)9-12/h2-5,7,9,13,15H,6,8,10H2,1H3. The minimum atomic E-state index is 0.608. The lowest BCUT2D eigenvalue weighted by Gasteiger charge is -2.26. The molecular weight excluding hydrogens is 210 g/mol. The minimum absolute atomic E-state index is 0.608. The van der Waals surface area contributed by atoms with Crippen LogP contribution in [-0.4, -0.2) is 31.2 Å². The van der Waals surface area contributed by atoms with E-state index in [1.54, 1.807) is 0 Å². The van der Waals surface area contributed by atoms with Crippen molar-refractivity contribution in [1.29, 1.82) is 0 Å². The molecule has 0 bridgehead atoms. The number of hydrogen-bond acceptors (Lipinski definition) is 3. The molecule has 1 aromatic heterocycles. The molecule has 1 atom stereocenters. The molecule has 3 nitrogen and oxygen atoms in total. The lowest BCUT2D eigenvalue weighted by Crippen LogP contribution is -2.33. The van der Waals surface area contributed by atoms with Gasteiger partial charge in [-0.15, -0.1) is 0 Å². The molecule has 17 heavy (non-hydrogen) atoms. The maximum atomic E-state index is 4.41. The predicted molar refractivity (Wildman–Crippen MR) is 71.4 cm³/mol. The fraction of sp³-hybridized carbons (Fsp3) is 0.357. The average Bonchev–Trinajstić information content (AvgIpc) is 2.91. The van der Waals surface area contributed by atoms with Gasteiger partial charge in [0.1, 0.15) is 0 Å². The molecule has 3 rings (SSSR count). The largest absolute Gasteiger partial charge is 0.370 e. The highest BCUT2D eigenvalue weighted by Crippen LogP contribution is 2.22. The zero-order valence-corrected chi connectivity index (χ0v) is 10.1. The quantitative estimate of drug-likeness (QED) is 0.851. The van der Waals surface area contributed by atoms with E-state index in [-0.39, 0.29) is 0 Å². The Morgan fingerprint density at radius 3 is 3.12 bits per heavy atom. The number of fused-ring (bicyclic) bond motifs is 1. The van der Waals surface area contributed by atoms with Gasteiger partial charge in [-0.1, -0.05) is 12.1 Å². The smallest absolute Gasteiger partial charge is 0.0722 e. The van der Waals surface area contributed by atoms with Gasteiger partial charge in [0.15, 0.2) is 0 Å². The van der Waals surface area contributed by atoms with Crippen LogP contribution in [0.2, 0.25) is 0 Å². The number of likely N-dealkylation sites (N-methyl/N-ethyl adjacent to an activating group) is 1. The van der Waals surface area contributed by atoms with E-state index in [0.717, 1.165) is 18.6 Å². The molecule has 1 aliphatic rings. The molecule has 1 unspecified atom stereocenters. The number of anilines is 1. The van der Waals surface area contributed by atoms with E-state index in [0.29, 0.717) is 6.04 Å². The number of rotatable bonds is 2. The second-order valence-corrected chi connectivity index (χ2v) is 4.64. The summed E-state index contributed by atoms with van der Waals surface area (Å²) in [6, 6.07) is 11.2. The Hall–Kier alpha value is -1.61. The van der Waals surface area contributed by atoms with Gasteiger partial charge in [-0.2, -0.15) is 0 Å². The summed E-state index contributed by atoms with van der Waals surface area (Å²) in [5.74, 6) is 0. The van der Waals surface area contributed by atoms with Crippen molar-refractivity contribution < 1.29 is 0 Å². The van der Waals surface area contributed by atoms with Gasteiger partial charge in [0.2, 0.25) is 0 Å². The van der Waals surface area contributed by atoms with Crippen molar-refractivity contribution in [2.45, 2.75) is 12.5 Å². The summed E-state index contributed by atoms with van der Waals surface area (Å²) in [7, 11) is 2.17. The van der Waals surface area contributed by atoms with Crippen LogP contribution in [0.5, 0.6) is 0 Å². The van der Waals surface area contributed by atoms with Gasteiger partial charge in [0, 0.05) is 36.9 Å². The third-order valence-corrected chi connectivity index (χ3v) is 3.58. The number of hydrogen-bond donors (Lipinski definition) is 1. The van der Waals surface area contributed by atoms with Crippen LogP contribution in [0.15, 0.2) is 36.5 Å². The van der Waals surface area contributed by atoms with E-state index in [9.17, 15) is 0 Å². The third-order valence-electron chi connectivity index (χ3n) is 3.58. The van der Waals surface area contributed by atoms with Crippen LogP contribution in [0.4, 0.5) is 5.69 Å². The average molecular weight is 227 g/mol. The fourth-order valence-electron chi connectivity index (χ4n) is 2.46. The van der Waals surface area contributed by atoms with Crippen LogP contribution in [0.1, 0.15) is 6.42 Å². The lowest BCUT2D eigenvalue weighted by molar-refractivity contribution is 0.686. The molecule has 1 fully saturated rings. The van der Waals surface area contributed by atoms with Gasteiger partial charge >= 0.3 is 0 Å². The summed E-state index contributed by atoms with van der Waals surface area (Å²) in [5.41, 5.74) is 2.33. The zero-order valence-electron chi connectivity index (χ0n) is 10.1.